The molecule has 0 atom stereocenters. The van der Waals surface area contributed by atoms with Crippen molar-refractivity contribution in [3.63, 3.8) is 0 Å². The fraction of sp³-hybridized carbons (Fsp3) is 0.571. The molecule has 18 heavy (non-hydrogen) atoms. The Labute approximate surface area is 119 Å². The van der Waals surface area contributed by atoms with Crippen LogP contribution in [0.4, 0.5) is 5.69 Å². The van der Waals surface area contributed by atoms with Crippen LogP contribution in [0.2, 0.25) is 0 Å². The van der Waals surface area contributed by atoms with Crippen molar-refractivity contribution < 1.29 is 4.74 Å². The Balaban J connectivity index is 2.24. The largest absolute Gasteiger partial charge is 0.383 e. The fourth-order valence-electron chi connectivity index (χ4n) is 1.72. The van der Waals surface area contributed by atoms with Crippen LogP contribution in [0.25, 0.3) is 0 Å². The molecular formula is C14H23BrN2O. The topological polar surface area (TPSA) is 24.5 Å². The summed E-state index contributed by atoms with van der Waals surface area (Å²) in [5.74, 6) is 0. The molecule has 0 saturated carbocycles. The van der Waals surface area contributed by atoms with Crippen molar-refractivity contribution in [2.24, 2.45) is 0 Å². The van der Waals surface area contributed by atoms with E-state index in [9.17, 15) is 0 Å². The minimum absolute atomic E-state index is 0.798. The number of hydrogen-bond donors (Lipinski definition) is 1. The second-order valence-corrected chi connectivity index (χ2v) is 4.89. The summed E-state index contributed by atoms with van der Waals surface area (Å²) in [6.07, 6.45) is 0. The summed E-state index contributed by atoms with van der Waals surface area (Å²) in [6.45, 7) is 9.88. The van der Waals surface area contributed by atoms with Crippen LogP contribution in [0.15, 0.2) is 28.7 Å². The molecule has 0 spiro atoms. The summed E-state index contributed by atoms with van der Waals surface area (Å²) >= 11 is 3.54. The first kappa shape index (κ1) is 15.5. The van der Waals surface area contributed by atoms with E-state index in [0.29, 0.717) is 0 Å². The van der Waals surface area contributed by atoms with Crippen LogP contribution >= 0.6 is 15.9 Å². The lowest BCUT2D eigenvalue weighted by molar-refractivity contribution is 0.117. The van der Waals surface area contributed by atoms with Crippen LogP contribution in [0.5, 0.6) is 0 Å². The van der Waals surface area contributed by atoms with Gasteiger partial charge in [-0.3, -0.25) is 4.90 Å². The van der Waals surface area contributed by atoms with Gasteiger partial charge in [0.1, 0.15) is 0 Å². The van der Waals surface area contributed by atoms with Crippen molar-refractivity contribution in [1.29, 1.82) is 0 Å². The molecule has 0 radical (unpaired) electrons. The van der Waals surface area contributed by atoms with Crippen LogP contribution in [0, 0.1) is 0 Å². The molecule has 0 fully saturated rings. The molecule has 0 aliphatic rings. The molecule has 0 aromatic heterocycles. The Morgan fingerprint density at radius 3 is 2.67 bits per heavy atom. The number of likely N-dealkylation sites (N-methyl/N-ethyl adjacent to an activating group) is 1. The van der Waals surface area contributed by atoms with E-state index < -0.39 is 0 Å². The van der Waals surface area contributed by atoms with Crippen LogP contribution in [-0.4, -0.2) is 44.3 Å². The lowest BCUT2D eigenvalue weighted by atomic mass is 10.3. The van der Waals surface area contributed by atoms with Gasteiger partial charge in [0, 0.05) is 36.4 Å². The molecule has 0 unspecified atom stereocenters. The third kappa shape index (κ3) is 5.85. The van der Waals surface area contributed by atoms with Gasteiger partial charge in [0.25, 0.3) is 0 Å². The highest BCUT2D eigenvalue weighted by atomic mass is 79.9. The molecule has 0 amide bonds. The third-order valence-corrected chi connectivity index (χ3v) is 3.51. The number of hydrogen-bond acceptors (Lipinski definition) is 3. The Morgan fingerprint density at radius 2 is 2.00 bits per heavy atom. The standard InChI is InChI=1S/C14H23BrN2O/c1-3-17(11-12-18-4-2)10-9-16-14-8-6-5-7-13(14)15/h5-8,16H,3-4,9-12H2,1-2H3. The smallest absolute Gasteiger partial charge is 0.0593 e. The van der Waals surface area contributed by atoms with E-state index in [-0.39, 0.29) is 0 Å². The van der Waals surface area contributed by atoms with Crippen LogP contribution in [0.3, 0.4) is 0 Å². The molecule has 3 nitrogen and oxygen atoms in total. The van der Waals surface area contributed by atoms with E-state index >= 15 is 0 Å². The van der Waals surface area contributed by atoms with Crippen molar-refractivity contribution in [1.82, 2.24) is 4.90 Å². The Morgan fingerprint density at radius 1 is 1.22 bits per heavy atom. The van der Waals surface area contributed by atoms with Crippen LogP contribution < -0.4 is 5.32 Å². The maximum absolute atomic E-state index is 5.38. The van der Waals surface area contributed by atoms with Crippen LogP contribution in [-0.2, 0) is 4.74 Å². The quantitative estimate of drug-likeness (QED) is 0.708. The molecule has 0 aliphatic carbocycles. The van der Waals surface area contributed by atoms with E-state index in [4.69, 9.17) is 4.74 Å². The van der Waals surface area contributed by atoms with Gasteiger partial charge in [-0.05, 0) is 41.5 Å². The summed E-state index contributed by atoms with van der Waals surface area (Å²) < 4.78 is 6.49. The van der Waals surface area contributed by atoms with Gasteiger partial charge in [-0.25, -0.2) is 0 Å². The van der Waals surface area contributed by atoms with E-state index in [2.05, 4.69) is 45.2 Å². The predicted octanol–water partition coefficient (Wildman–Crippen LogP) is 3.22. The fourth-order valence-corrected chi connectivity index (χ4v) is 2.14. The number of nitrogens with zero attached hydrogens (tertiary/aromatic N) is 1. The van der Waals surface area contributed by atoms with Crippen molar-refractivity contribution >= 4 is 21.6 Å². The normalized spacial score (nSPS) is 10.9. The Bertz CT molecular complexity index is 333. The maximum Gasteiger partial charge on any atom is 0.0593 e. The molecule has 0 aliphatic heterocycles. The van der Waals surface area contributed by atoms with E-state index in [1.54, 1.807) is 0 Å². The SMILES string of the molecule is CCOCCN(CC)CCNc1ccccc1Br. The van der Waals surface area contributed by atoms with Crippen molar-refractivity contribution in [2.45, 2.75) is 13.8 Å². The minimum Gasteiger partial charge on any atom is -0.383 e. The maximum atomic E-state index is 5.38. The Hall–Kier alpha value is -0.580. The van der Waals surface area contributed by atoms with E-state index in [1.807, 2.05) is 19.1 Å². The second-order valence-electron chi connectivity index (χ2n) is 4.04. The summed E-state index contributed by atoms with van der Waals surface area (Å²) in [5.41, 5.74) is 1.15. The van der Waals surface area contributed by atoms with Gasteiger partial charge in [-0.1, -0.05) is 19.1 Å². The zero-order valence-corrected chi connectivity index (χ0v) is 12.9. The van der Waals surface area contributed by atoms with Gasteiger partial charge in [0.05, 0.1) is 6.61 Å². The summed E-state index contributed by atoms with van der Waals surface area (Å²) in [5, 5.41) is 3.44. The predicted molar refractivity (Wildman–Crippen MR) is 81.2 cm³/mol. The van der Waals surface area contributed by atoms with E-state index in [0.717, 1.165) is 49.6 Å². The van der Waals surface area contributed by atoms with Gasteiger partial charge < -0.3 is 10.1 Å². The number of rotatable bonds is 9. The third-order valence-electron chi connectivity index (χ3n) is 2.82. The van der Waals surface area contributed by atoms with Crippen molar-refractivity contribution in [2.75, 3.05) is 44.7 Å². The highest BCUT2D eigenvalue weighted by molar-refractivity contribution is 9.10. The number of para-hydroxylation sites is 1. The summed E-state index contributed by atoms with van der Waals surface area (Å²) in [6, 6.07) is 8.20. The average molecular weight is 315 g/mol. The van der Waals surface area contributed by atoms with Gasteiger partial charge in [0.15, 0.2) is 0 Å². The highest BCUT2D eigenvalue weighted by Gasteiger charge is 2.02. The summed E-state index contributed by atoms with van der Waals surface area (Å²) in [4.78, 5) is 2.39. The molecule has 0 bridgehead atoms. The highest BCUT2D eigenvalue weighted by Crippen LogP contribution is 2.20. The molecule has 1 aromatic carbocycles. The zero-order valence-electron chi connectivity index (χ0n) is 11.3. The van der Waals surface area contributed by atoms with Gasteiger partial charge >= 0.3 is 0 Å². The average Bonchev–Trinajstić information content (AvgIpc) is 2.39. The lowest BCUT2D eigenvalue weighted by Crippen LogP contribution is -2.32. The number of benzene rings is 1. The number of halogens is 1. The number of ether oxygens (including phenoxy) is 1. The molecule has 102 valence electrons. The van der Waals surface area contributed by atoms with E-state index in [1.165, 1.54) is 0 Å². The first-order valence-corrected chi connectivity index (χ1v) is 7.35. The lowest BCUT2D eigenvalue weighted by Gasteiger charge is -2.20. The Kier molecular flexibility index (Phi) is 8.05. The first-order chi connectivity index (χ1) is 8.77. The van der Waals surface area contributed by atoms with Gasteiger partial charge in [-0.15, -0.1) is 0 Å². The number of nitrogens with one attached hydrogen (secondary N) is 1. The zero-order chi connectivity index (χ0) is 13.2. The first-order valence-electron chi connectivity index (χ1n) is 6.56. The molecule has 0 saturated heterocycles. The van der Waals surface area contributed by atoms with Crippen LogP contribution in [0.1, 0.15) is 13.8 Å². The van der Waals surface area contributed by atoms with Gasteiger partial charge in [-0.2, -0.15) is 0 Å². The van der Waals surface area contributed by atoms with Crippen molar-refractivity contribution in [3.05, 3.63) is 28.7 Å². The molecule has 4 heteroatoms. The molecular weight excluding hydrogens is 292 g/mol. The minimum atomic E-state index is 0.798. The second kappa shape index (κ2) is 9.36. The molecule has 1 aromatic rings. The monoisotopic (exact) mass is 314 g/mol. The van der Waals surface area contributed by atoms with Crippen molar-refractivity contribution in [3.8, 4) is 0 Å². The summed E-state index contributed by atoms with van der Waals surface area (Å²) in [7, 11) is 0. The molecule has 1 rings (SSSR count). The molecule has 1 N–H and O–H groups in total. The number of anilines is 1. The van der Waals surface area contributed by atoms with Gasteiger partial charge in [0.2, 0.25) is 0 Å². The molecule has 0 heterocycles.